The number of rotatable bonds is 5. The quantitative estimate of drug-likeness (QED) is 0.707. The van der Waals surface area contributed by atoms with Gasteiger partial charge in [0.25, 0.3) is 0 Å². The molecule has 0 unspecified atom stereocenters. The Morgan fingerprint density at radius 3 is 2.46 bits per heavy atom. The highest BCUT2D eigenvalue weighted by molar-refractivity contribution is 5.92. The van der Waals surface area contributed by atoms with Gasteiger partial charge in [-0.1, -0.05) is 0 Å². The van der Waals surface area contributed by atoms with Crippen LogP contribution < -0.4 is 10.6 Å². The number of carbonyl (C=O) groups excluding carboxylic acids is 1. The van der Waals surface area contributed by atoms with Crippen LogP contribution in [-0.4, -0.2) is 52.2 Å². The van der Waals surface area contributed by atoms with Gasteiger partial charge >= 0.3 is 0 Å². The Kier molecular flexibility index (Phi) is 5.03. The minimum atomic E-state index is -0.471. The molecule has 1 fully saturated rings. The number of H-pyrrole nitrogens is 1. The first-order valence-corrected chi connectivity index (χ1v) is 9.11. The van der Waals surface area contributed by atoms with Crippen molar-refractivity contribution in [2.24, 2.45) is 5.73 Å². The largest absolute Gasteiger partial charge is 0.366 e. The van der Waals surface area contributed by atoms with Crippen LogP contribution in [-0.2, 0) is 6.54 Å². The number of aromatic nitrogens is 3. The van der Waals surface area contributed by atoms with Crippen molar-refractivity contribution in [2.75, 3.05) is 31.1 Å². The monoisotopic (exact) mass is 380 g/mol. The molecule has 1 saturated heterocycles. The van der Waals surface area contributed by atoms with Gasteiger partial charge in [0.1, 0.15) is 11.6 Å². The lowest BCUT2D eigenvalue weighted by molar-refractivity contribution is 0.1000. The summed E-state index contributed by atoms with van der Waals surface area (Å²) in [7, 11) is 0. The van der Waals surface area contributed by atoms with Crippen molar-refractivity contribution in [2.45, 2.75) is 6.54 Å². The topological polar surface area (TPSA) is 91.1 Å². The third-order valence-electron chi connectivity index (χ3n) is 4.97. The molecule has 7 nitrogen and oxygen atoms in total. The van der Waals surface area contributed by atoms with Gasteiger partial charge in [0.05, 0.1) is 17.5 Å². The smallest absolute Gasteiger partial charge is 0.250 e. The third-order valence-corrected chi connectivity index (χ3v) is 4.97. The van der Waals surface area contributed by atoms with E-state index in [0.29, 0.717) is 5.56 Å². The zero-order valence-electron chi connectivity index (χ0n) is 15.3. The molecule has 1 aromatic carbocycles. The van der Waals surface area contributed by atoms with Crippen LogP contribution in [0.15, 0.2) is 48.8 Å². The van der Waals surface area contributed by atoms with Crippen LogP contribution in [0, 0.1) is 5.82 Å². The summed E-state index contributed by atoms with van der Waals surface area (Å²) < 4.78 is 13.2. The predicted octanol–water partition coefficient (Wildman–Crippen LogP) is 2.03. The standard InChI is InChI=1S/C20H21FN6O/c21-17-4-1-14(2-5-17)19-16(12-24-25-19)13-26-7-9-27(10-8-26)18-6-3-15(11-23-18)20(22)28/h1-6,11-12H,7-10,13H2,(H2,22,28)(H,24,25). The maximum Gasteiger partial charge on any atom is 0.250 e. The fraction of sp³-hybridized carbons (Fsp3) is 0.250. The van der Waals surface area contributed by atoms with Crippen LogP contribution in [0.3, 0.4) is 0 Å². The molecule has 8 heteroatoms. The van der Waals surface area contributed by atoms with Gasteiger partial charge in [-0.25, -0.2) is 9.37 Å². The summed E-state index contributed by atoms with van der Waals surface area (Å²) in [6, 6.07) is 9.96. The SMILES string of the molecule is NC(=O)c1ccc(N2CCN(Cc3cn[nH]c3-c3ccc(F)cc3)CC2)nc1. The normalized spacial score (nSPS) is 15.0. The molecular weight excluding hydrogens is 359 g/mol. The molecule has 1 amide bonds. The van der Waals surface area contributed by atoms with Crippen LogP contribution in [0.4, 0.5) is 10.2 Å². The van der Waals surface area contributed by atoms with Gasteiger partial charge in [0.15, 0.2) is 0 Å². The molecule has 2 aromatic heterocycles. The molecule has 0 spiro atoms. The Bertz CT molecular complexity index is 946. The molecule has 0 radical (unpaired) electrons. The number of amides is 1. The average Bonchev–Trinajstić information content (AvgIpc) is 3.17. The van der Waals surface area contributed by atoms with Gasteiger partial charge in [0.2, 0.25) is 5.91 Å². The second kappa shape index (κ2) is 7.77. The van der Waals surface area contributed by atoms with Crippen LogP contribution in [0.25, 0.3) is 11.3 Å². The minimum absolute atomic E-state index is 0.251. The van der Waals surface area contributed by atoms with Gasteiger partial charge in [-0.2, -0.15) is 5.10 Å². The van der Waals surface area contributed by atoms with Gasteiger partial charge in [0, 0.05) is 50.0 Å². The lowest BCUT2D eigenvalue weighted by atomic mass is 10.1. The maximum atomic E-state index is 13.2. The summed E-state index contributed by atoms with van der Waals surface area (Å²) in [4.78, 5) is 20.1. The number of nitrogens with one attached hydrogen (secondary N) is 1. The molecule has 3 aromatic rings. The van der Waals surface area contributed by atoms with E-state index in [-0.39, 0.29) is 5.82 Å². The fourth-order valence-corrected chi connectivity index (χ4v) is 3.39. The summed E-state index contributed by atoms with van der Waals surface area (Å²) >= 11 is 0. The van der Waals surface area contributed by atoms with E-state index in [1.165, 1.54) is 18.3 Å². The highest BCUT2D eigenvalue weighted by Gasteiger charge is 2.20. The van der Waals surface area contributed by atoms with E-state index < -0.39 is 5.91 Å². The highest BCUT2D eigenvalue weighted by Crippen LogP contribution is 2.23. The zero-order valence-corrected chi connectivity index (χ0v) is 15.3. The van der Waals surface area contributed by atoms with E-state index in [4.69, 9.17) is 5.73 Å². The Labute approximate surface area is 162 Å². The number of nitrogens with zero attached hydrogens (tertiary/aromatic N) is 4. The van der Waals surface area contributed by atoms with Crippen molar-refractivity contribution in [1.29, 1.82) is 0 Å². The van der Waals surface area contributed by atoms with Crippen LogP contribution in [0.2, 0.25) is 0 Å². The lowest BCUT2D eigenvalue weighted by Crippen LogP contribution is -2.46. The Balaban J connectivity index is 1.38. The molecule has 1 aliphatic rings. The van der Waals surface area contributed by atoms with Crippen molar-refractivity contribution in [3.8, 4) is 11.3 Å². The molecule has 3 heterocycles. The van der Waals surface area contributed by atoms with E-state index >= 15 is 0 Å². The van der Waals surface area contributed by atoms with Gasteiger partial charge in [-0.05, 0) is 36.4 Å². The van der Waals surface area contributed by atoms with Gasteiger partial charge in [-0.3, -0.25) is 14.8 Å². The number of aromatic amines is 1. The molecule has 1 aliphatic heterocycles. The lowest BCUT2D eigenvalue weighted by Gasteiger charge is -2.35. The number of piperazine rings is 1. The first-order valence-electron chi connectivity index (χ1n) is 9.11. The summed E-state index contributed by atoms with van der Waals surface area (Å²) in [6.07, 6.45) is 3.35. The van der Waals surface area contributed by atoms with Crippen molar-refractivity contribution in [3.63, 3.8) is 0 Å². The summed E-state index contributed by atoms with van der Waals surface area (Å²) in [6.45, 7) is 4.21. The van der Waals surface area contributed by atoms with E-state index in [1.54, 1.807) is 18.2 Å². The average molecular weight is 380 g/mol. The minimum Gasteiger partial charge on any atom is -0.366 e. The Morgan fingerprint density at radius 1 is 1.07 bits per heavy atom. The second-order valence-electron chi connectivity index (χ2n) is 6.81. The number of primary amides is 1. The molecule has 144 valence electrons. The van der Waals surface area contributed by atoms with E-state index in [0.717, 1.165) is 55.4 Å². The number of anilines is 1. The summed E-state index contributed by atoms with van der Waals surface area (Å²) in [5, 5.41) is 7.19. The first-order chi connectivity index (χ1) is 13.6. The second-order valence-corrected chi connectivity index (χ2v) is 6.81. The summed E-state index contributed by atoms with van der Waals surface area (Å²) in [5.74, 6) is 0.124. The first kappa shape index (κ1) is 18.1. The molecule has 0 atom stereocenters. The molecule has 4 rings (SSSR count). The van der Waals surface area contributed by atoms with Crippen molar-refractivity contribution in [3.05, 3.63) is 65.7 Å². The third kappa shape index (κ3) is 3.86. The summed E-state index contributed by atoms with van der Waals surface area (Å²) in [5.41, 5.74) is 8.61. The molecule has 0 aliphatic carbocycles. The van der Waals surface area contributed by atoms with Gasteiger partial charge in [-0.15, -0.1) is 0 Å². The number of pyridine rings is 1. The van der Waals surface area contributed by atoms with Crippen LogP contribution in [0.5, 0.6) is 0 Å². The number of halogens is 1. The maximum absolute atomic E-state index is 13.2. The molecule has 0 bridgehead atoms. The zero-order chi connectivity index (χ0) is 19.5. The molecule has 28 heavy (non-hydrogen) atoms. The predicted molar refractivity (Wildman–Crippen MR) is 104 cm³/mol. The Hall–Kier alpha value is -3.26. The number of carbonyl (C=O) groups is 1. The molecule has 0 saturated carbocycles. The van der Waals surface area contributed by atoms with Crippen molar-refractivity contribution < 1.29 is 9.18 Å². The van der Waals surface area contributed by atoms with Crippen molar-refractivity contribution in [1.82, 2.24) is 20.1 Å². The molecular formula is C20H21FN6O. The number of hydrogen-bond acceptors (Lipinski definition) is 5. The Morgan fingerprint density at radius 2 is 1.82 bits per heavy atom. The van der Waals surface area contributed by atoms with E-state index in [2.05, 4.69) is 25.0 Å². The number of nitrogens with two attached hydrogens (primary N) is 1. The fourth-order valence-electron chi connectivity index (χ4n) is 3.39. The van der Waals surface area contributed by atoms with Crippen LogP contribution >= 0.6 is 0 Å². The molecule has 3 N–H and O–H groups in total. The number of benzene rings is 1. The van der Waals surface area contributed by atoms with Gasteiger partial charge < -0.3 is 10.6 Å². The van der Waals surface area contributed by atoms with Crippen molar-refractivity contribution >= 4 is 11.7 Å². The van der Waals surface area contributed by atoms with Crippen LogP contribution in [0.1, 0.15) is 15.9 Å². The highest BCUT2D eigenvalue weighted by atomic mass is 19.1. The van der Waals surface area contributed by atoms with E-state index in [9.17, 15) is 9.18 Å². The number of hydrogen-bond donors (Lipinski definition) is 2. The van der Waals surface area contributed by atoms with E-state index in [1.807, 2.05) is 12.3 Å².